The maximum absolute atomic E-state index is 14.7. The number of carbonyl (C=O) groups is 1. The van der Waals surface area contributed by atoms with E-state index in [2.05, 4.69) is 40.8 Å². The van der Waals surface area contributed by atoms with E-state index < -0.39 is 17.9 Å². The fraction of sp³-hybridized carbons (Fsp3) is 0.148. The zero-order chi connectivity index (χ0) is 26.9. The zero-order valence-electron chi connectivity index (χ0n) is 20.8. The number of amides is 1. The van der Waals surface area contributed by atoms with E-state index in [0.29, 0.717) is 22.8 Å². The first-order chi connectivity index (χ1) is 19.0. The van der Waals surface area contributed by atoms with Crippen LogP contribution in [-0.2, 0) is 11.2 Å². The minimum atomic E-state index is -1.17. The number of carbonyl (C=O) groups excluding carboxylic acids is 1. The van der Waals surface area contributed by atoms with E-state index in [-0.39, 0.29) is 17.6 Å². The van der Waals surface area contributed by atoms with Crippen LogP contribution in [0.25, 0.3) is 22.0 Å². The summed E-state index contributed by atoms with van der Waals surface area (Å²) in [6.45, 7) is 3.82. The highest BCUT2D eigenvalue weighted by Gasteiger charge is 2.29. The Kier molecular flexibility index (Phi) is 6.37. The first-order valence-corrected chi connectivity index (χ1v) is 12.9. The summed E-state index contributed by atoms with van der Waals surface area (Å²) in [6, 6.07) is 13.8. The molecule has 1 aliphatic rings. The van der Waals surface area contributed by atoms with Crippen LogP contribution in [0.1, 0.15) is 28.9 Å². The minimum Gasteiger partial charge on any atom is -0.402 e. The van der Waals surface area contributed by atoms with Crippen molar-refractivity contribution in [2.24, 2.45) is 4.99 Å². The van der Waals surface area contributed by atoms with Crippen LogP contribution in [0.15, 0.2) is 70.3 Å². The van der Waals surface area contributed by atoms with Gasteiger partial charge in [-0.1, -0.05) is 54.5 Å². The van der Waals surface area contributed by atoms with Crippen LogP contribution in [-0.4, -0.2) is 42.9 Å². The number of nitrogens with one attached hydrogen (secondary N) is 2. The Morgan fingerprint density at radius 2 is 1.85 bits per heavy atom. The predicted octanol–water partition coefficient (Wildman–Crippen LogP) is 4.89. The van der Waals surface area contributed by atoms with Crippen LogP contribution >= 0.6 is 11.3 Å². The number of aromatic nitrogens is 5. The molecule has 194 valence electrons. The molecule has 3 aromatic heterocycles. The molecule has 1 aliphatic heterocycles. The Bertz CT molecular complexity index is 1700. The Labute approximate surface area is 226 Å². The van der Waals surface area contributed by atoms with Crippen molar-refractivity contribution >= 4 is 34.7 Å². The number of anilines is 2. The molecule has 5 aromatic rings. The lowest BCUT2D eigenvalue weighted by molar-refractivity contribution is -0.116. The molecule has 1 amide bonds. The molecule has 39 heavy (non-hydrogen) atoms. The van der Waals surface area contributed by atoms with Crippen molar-refractivity contribution in [2.45, 2.75) is 26.4 Å². The van der Waals surface area contributed by atoms with Gasteiger partial charge in [-0.2, -0.15) is 0 Å². The second-order valence-corrected chi connectivity index (χ2v) is 9.70. The van der Waals surface area contributed by atoms with Crippen LogP contribution in [0.4, 0.5) is 16.1 Å². The third-order valence-corrected chi connectivity index (χ3v) is 7.22. The lowest BCUT2D eigenvalue weighted by Gasteiger charge is -2.11. The summed E-state index contributed by atoms with van der Waals surface area (Å²) in [5.74, 6) is -0.317. The molecule has 0 unspecified atom stereocenters. The number of aliphatic imine (C=N–C) groups is 1. The van der Waals surface area contributed by atoms with E-state index in [9.17, 15) is 9.18 Å². The number of hydrogen-bond acceptors (Lipinski definition) is 10. The molecule has 2 aromatic carbocycles. The highest BCUT2D eigenvalue weighted by Crippen LogP contribution is 2.36. The Hall–Kier alpha value is -4.84. The highest BCUT2D eigenvalue weighted by atomic mass is 32.1. The van der Waals surface area contributed by atoms with Gasteiger partial charge in [-0.15, -0.1) is 16.4 Å². The van der Waals surface area contributed by atoms with Gasteiger partial charge in [-0.25, -0.2) is 24.3 Å². The second kappa shape index (κ2) is 10.1. The van der Waals surface area contributed by atoms with Crippen molar-refractivity contribution in [3.8, 4) is 22.0 Å². The number of para-hydroxylation sites is 1. The van der Waals surface area contributed by atoms with Gasteiger partial charge >= 0.3 is 6.01 Å². The molecule has 0 radical (unpaired) electrons. The number of rotatable bonds is 6. The van der Waals surface area contributed by atoms with E-state index in [1.165, 1.54) is 17.4 Å². The van der Waals surface area contributed by atoms with Crippen molar-refractivity contribution in [1.82, 2.24) is 25.1 Å². The topological polar surface area (TPSA) is 131 Å². The number of benzodiazepines with no additional fused rings is 1. The average Bonchev–Trinajstić information content (AvgIpc) is 3.57. The van der Waals surface area contributed by atoms with Gasteiger partial charge in [0, 0.05) is 29.1 Å². The molecule has 0 saturated heterocycles. The predicted molar refractivity (Wildman–Crippen MR) is 145 cm³/mol. The van der Waals surface area contributed by atoms with Gasteiger partial charge in [0.15, 0.2) is 0 Å². The summed E-state index contributed by atoms with van der Waals surface area (Å²) in [5.41, 5.74) is 2.95. The number of nitrogens with zero attached hydrogens (tertiary/aromatic N) is 6. The number of benzene rings is 2. The molecular formula is C27H21FN8O2S. The van der Waals surface area contributed by atoms with Crippen molar-refractivity contribution in [3.05, 3.63) is 88.7 Å². The lowest BCUT2D eigenvalue weighted by atomic mass is 10.0. The SMILES string of the molecule is CCc1nc(-c2nnc(N[C@H]3N=C(c4ccccc4)c4cccc(F)c4NC3=O)o2)c(-c2cnc(C)nc2)s1. The van der Waals surface area contributed by atoms with Crippen molar-refractivity contribution in [3.63, 3.8) is 0 Å². The Balaban J connectivity index is 1.36. The fourth-order valence-corrected chi connectivity index (χ4v) is 5.05. The van der Waals surface area contributed by atoms with Gasteiger partial charge in [-0.3, -0.25) is 4.79 Å². The van der Waals surface area contributed by atoms with E-state index in [0.717, 1.165) is 27.4 Å². The van der Waals surface area contributed by atoms with Gasteiger partial charge in [0.25, 0.3) is 11.8 Å². The number of fused-ring (bicyclic) bond motifs is 1. The van der Waals surface area contributed by atoms with E-state index in [4.69, 9.17) is 4.42 Å². The van der Waals surface area contributed by atoms with Crippen LogP contribution < -0.4 is 10.6 Å². The van der Waals surface area contributed by atoms with Crippen molar-refractivity contribution in [2.75, 3.05) is 10.6 Å². The van der Waals surface area contributed by atoms with E-state index in [1.54, 1.807) is 24.5 Å². The third kappa shape index (κ3) is 4.77. The number of thiazole rings is 1. The quantitative estimate of drug-likeness (QED) is 0.311. The maximum atomic E-state index is 14.7. The molecule has 12 heteroatoms. The zero-order valence-corrected chi connectivity index (χ0v) is 21.7. The van der Waals surface area contributed by atoms with Gasteiger partial charge in [-0.05, 0) is 19.4 Å². The highest BCUT2D eigenvalue weighted by molar-refractivity contribution is 7.15. The minimum absolute atomic E-state index is 0.0371. The number of aryl methyl sites for hydroxylation is 2. The molecular weight excluding hydrogens is 519 g/mol. The first kappa shape index (κ1) is 24.5. The van der Waals surface area contributed by atoms with Gasteiger partial charge in [0.1, 0.15) is 17.3 Å². The van der Waals surface area contributed by atoms with Crippen molar-refractivity contribution < 1.29 is 13.6 Å². The van der Waals surface area contributed by atoms with E-state index in [1.807, 2.05) is 44.2 Å². The molecule has 0 saturated carbocycles. The largest absolute Gasteiger partial charge is 0.402 e. The molecule has 0 bridgehead atoms. The molecule has 0 aliphatic carbocycles. The maximum Gasteiger partial charge on any atom is 0.317 e. The molecule has 1 atom stereocenters. The average molecular weight is 541 g/mol. The first-order valence-electron chi connectivity index (χ1n) is 12.1. The number of halogens is 1. The summed E-state index contributed by atoms with van der Waals surface area (Å²) in [7, 11) is 0. The smallest absolute Gasteiger partial charge is 0.317 e. The Morgan fingerprint density at radius 3 is 2.62 bits per heavy atom. The number of hydrogen-bond donors (Lipinski definition) is 2. The van der Waals surface area contributed by atoms with Gasteiger partial charge in [0.2, 0.25) is 6.17 Å². The third-order valence-electron chi connectivity index (χ3n) is 5.98. The van der Waals surface area contributed by atoms with Gasteiger partial charge < -0.3 is 15.1 Å². The standard InChI is InChI=1S/C27H21FN8O2S/c1-3-19-31-22(23(39-19)16-12-29-14(2)30-13-16)26-35-36-27(38-26)34-24-25(37)33-21-17(10-7-11-18(21)28)20(32-24)15-8-5-4-6-9-15/h4-13,24H,3H2,1-2H3,(H,33,37)(H,34,36)/t24-/m1/s1. The summed E-state index contributed by atoms with van der Waals surface area (Å²) in [6.07, 6.45) is 2.99. The fourth-order valence-electron chi connectivity index (χ4n) is 4.08. The van der Waals surface area contributed by atoms with E-state index >= 15 is 0 Å². The van der Waals surface area contributed by atoms with Crippen LogP contribution in [0.2, 0.25) is 0 Å². The monoisotopic (exact) mass is 540 g/mol. The van der Waals surface area contributed by atoms with Crippen LogP contribution in [0.3, 0.4) is 0 Å². The normalized spacial score (nSPS) is 14.8. The van der Waals surface area contributed by atoms with Gasteiger partial charge in [0.05, 0.1) is 21.3 Å². The molecule has 0 spiro atoms. The summed E-state index contributed by atoms with van der Waals surface area (Å²) < 4.78 is 20.6. The molecule has 4 heterocycles. The summed E-state index contributed by atoms with van der Waals surface area (Å²) in [5, 5.41) is 14.7. The van der Waals surface area contributed by atoms with Crippen LogP contribution in [0.5, 0.6) is 0 Å². The summed E-state index contributed by atoms with van der Waals surface area (Å²) >= 11 is 1.49. The summed E-state index contributed by atoms with van der Waals surface area (Å²) in [4.78, 5) is 31.8. The molecule has 2 N–H and O–H groups in total. The van der Waals surface area contributed by atoms with Crippen molar-refractivity contribution in [1.29, 1.82) is 0 Å². The molecule has 0 fully saturated rings. The Morgan fingerprint density at radius 1 is 1.05 bits per heavy atom. The lowest BCUT2D eigenvalue weighted by Crippen LogP contribution is -2.32. The van der Waals surface area contributed by atoms with Crippen LogP contribution in [0, 0.1) is 12.7 Å². The molecule has 10 nitrogen and oxygen atoms in total. The molecule has 6 rings (SSSR count). The second-order valence-electron chi connectivity index (χ2n) is 8.61.